The lowest BCUT2D eigenvalue weighted by Gasteiger charge is -2.07. The van der Waals surface area contributed by atoms with E-state index in [9.17, 15) is 0 Å². The van der Waals surface area contributed by atoms with Gasteiger partial charge in [-0.05, 0) is 23.6 Å². The predicted octanol–water partition coefficient (Wildman–Crippen LogP) is 9.42. The molecule has 0 bridgehead atoms. The highest BCUT2D eigenvalue weighted by Gasteiger charge is 2.15. The molecule has 0 atom stereocenters. The van der Waals surface area contributed by atoms with E-state index in [1.807, 2.05) is 16.9 Å². The van der Waals surface area contributed by atoms with Gasteiger partial charge in [0.05, 0.1) is 12.0 Å². The summed E-state index contributed by atoms with van der Waals surface area (Å²) >= 11 is 0. The van der Waals surface area contributed by atoms with Crippen LogP contribution in [0.25, 0.3) is 5.69 Å². The predicted molar refractivity (Wildman–Crippen MR) is 141 cm³/mol. The van der Waals surface area contributed by atoms with Gasteiger partial charge in [0.1, 0.15) is 12.1 Å². The molecule has 0 unspecified atom stereocenters. The molecule has 2 heterocycles. The Morgan fingerprint density at radius 1 is 0.750 bits per heavy atom. The summed E-state index contributed by atoms with van der Waals surface area (Å²) in [6, 6.07) is 2.01. The Morgan fingerprint density at radius 2 is 1.34 bits per heavy atom. The van der Waals surface area contributed by atoms with Crippen molar-refractivity contribution in [2.24, 2.45) is 0 Å². The third kappa shape index (κ3) is 11.3. The van der Waals surface area contributed by atoms with Gasteiger partial charge in [-0.25, -0.2) is 0 Å². The number of furan rings is 1. The van der Waals surface area contributed by atoms with E-state index < -0.39 is 0 Å². The zero-order chi connectivity index (χ0) is 22.7. The average Bonchev–Trinajstić information content (AvgIpc) is 3.46. The quantitative estimate of drug-likeness (QED) is 0.132. The first-order chi connectivity index (χ1) is 15.9. The number of nitrogens with zero attached hydrogens (tertiary/aromatic N) is 3. The molecule has 0 aliphatic carbocycles. The fraction of sp³-hybridized carbons (Fsp3) is 0.769. The first-order valence-corrected chi connectivity index (χ1v) is 15.4. The summed E-state index contributed by atoms with van der Waals surface area (Å²) in [4.78, 5) is 0. The van der Waals surface area contributed by atoms with Crippen molar-refractivity contribution in [1.82, 2.24) is 14.8 Å². The van der Waals surface area contributed by atoms with E-state index in [-0.39, 0.29) is 0 Å². The SMILES string of the molecule is CCCCCCCCCCCCSSc1nnc(CCCCCCCC)n1-c1ccoc1. The minimum absolute atomic E-state index is 0.976. The number of unbranched alkanes of at least 4 members (excludes halogenated alkanes) is 14. The summed E-state index contributed by atoms with van der Waals surface area (Å²) in [5.41, 5.74) is 1.04. The minimum atomic E-state index is 0.976. The van der Waals surface area contributed by atoms with Crippen LogP contribution in [0.4, 0.5) is 0 Å². The van der Waals surface area contributed by atoms with Crippen molar-refractivity contribution >= 4 is 21.6 Å². The van der Waals surface area contributed by atoms with Gasteiger partial charge in [0.15, 0.2) is 0 Å². The second kappa shape index (κ2) is 18.5. The lowest BCUT2D eigenvalue weighted by Crippen LogP contribution is -2.01. The summed E-state index contributed by atoms with van der Waals surface area (Å²) in [7, 11) is 3.67. The van der Waals surface area contributed by atoms with Gasteiger partial charge < -0.3 is 4.42 Å². The van der Waals surface area contributed by atoms with Crippen LogP contribution in [0.15, 0.2) is 28.2 Å². The van der Waals surface area contributed by atoms with Crippen LogP contribution < -0.4 is 0 Å². The molecule has 182 valence electrons. The Kier molecular flexibility index (Phi) is 15.9. The minimum Gasteiger partial charge on any atom is -0.470 e. The molecule has 0 aliphatic heterocycles. The van der Waals surface area contributed by atoms with Crippen LogP contribution in [-0.2, 0) is 6.42 Å². The number of rotatable bonds is 21. The molecule has 2 aromatic heterocycles. The monoisotopic (exact) mass is 479 g/mol. The first-order valence-electron chi connectivity index (χ1n) is 13.1. The fourth-order valence-electron chi connectivity index (χ4n) is 3.97. The summed E-state index contributed by atoms with van der Waals surface area (Å²) in [5, 5.41) is 10.00. The van der Waals surface area contributed by atoms with Crippen molar-refractivity contribution in [3.8, 4) is 5.69 Å². The number of hydrogen-bond acceptors (Lipinski definition) is 5. The maximum atomic E-state index is 5.34. The van der Waals surface area contributed by atoms with Gasteiger partial charge in [-0.2, -0.15) is 0 Å². The molecule has 0 spiro atoms. The number of hydrogen-bond donors (Lipinski definition) is 0. The fourth-order valence-corrected chi connectivity index (χ4v) is 6.08. The van der Waals surface area contributed by atoms with Crippen molar-refractivity contribution in [1.29, 1.82) is 0 Å². The van der Waals surface area contributed by atoms with E-state index in [1.165, 1.54) is 108 Å². The highest BCUT2D eigenvalue weighted by Crippen LogP contribution is 2.33. The van der Waals surface area contributed by atoms with Gasteiger partial charge in [0.25, 0.3) is 0 Å². The van der Waals surface area contributed by atoms with Crippen LogP contribution in [0.3, 0.4) is 0 Å². The smallest absolute Gasteiger partial charge is 0.206 e. The molecule has 0 fully saturated rings. The maximum Gasteiger partial charge on any atom is 0.206 e. The molecule has 0 aromatic carbocycles. The second-order valence-electron chi connectivity index (χ2n) is 8.82. The Balaban J connectivity index is 1.64. The maximum absolute atomic E-state index is 5.34. The highest BCUT2D eigenvalue weighted by atomic mass is 33.1. The van der Waals surface area contributed by atoms with Crippen LogP contribution >= 0.6 is 21.6 Å². The molecule has 0 amide bonds. The van der Waals surface area contributed by atoms with Crippen LogP contribution in [0.5, 0.6) is 0 Å². The van der Waals surface area contributed by atoms with E-state index in [4.69, 9.17) is 4.42 Å². The molecule has 0 saturated heterocycles. The third-order valence-electron chi connectivity index (χ3n) is 5.93. The third-order valence-corrected chi connectivity index (χ3v) is 8.22. The van der Waals surface area contributed by atoms with Gasteiger partial charge in [-0.3, -0.25) is 4.57 Å². The Morgan fingerprint density at radius 3 is 1.94 bits per heavy atom. The zero-order valence-electron chi connectivity index (χ0n) is 20.5. The topological polar surface area (TPSA) is 43.9 Å². The molecule has 0 saturated carbocycles. The summed E-state index contributed by atoms with van der Waals surface area (Å²) in [5.74, 6) is 2.23. The first kappa shape index (κ1) is 27.4. The lowest BCUT2D eigenvalue weighted by molar-refractivity contribution is 0.563. The van der Waals surface area contributed by atoms with Gasteiger partial charge in [0, 0.05) is 18.2 Å². The molecule has 32 heavy (non-hydrogen) atoms. The molecular formula is C26H45N3OS2. The Bertz CT molecular complexity index is 673. The molecule has 2 aromatic rings. The molecule has 6 heteroatoms. The molecule has 2 rings (SSSR count). The summed E-state index contributed by atoms with van der Waals surface area (Å²) < 4.78 is 7.53. The average molecular weight is 480 g/mol. The van der Waals surface area contributed by atoms with Crippen LogP contribution in [0, 0.1) is 0 Å². The molecular weight excluding hydrogens is 434 g/mol. The van der Waals surface area contributed by atoms with Crippen LogP contribution in [-0.4, -0.2) is 20.5 Å². The van der Waals surface area contributed by atoms with Crippen molar-refractivity contribution in [3.63, 3.8) is 0 Å². The van der Waals surface area contributed by atoms with Crippen LogP contribution in [0.2, 0.25) is 0 Å². The van der Waals surface area contributed by atoms with E-state index in [2.05, 4.69) is 28.6 Å². The van der Waals surface area contributed by atoms with Gasteiger partial charge in [-0.1, -0.05) is 115 Å². The zero-order valence-corrected chi connectivity index (χ0v) is 22.2. The lowest BCUT2D eigenvalue weighted by atomic mass is 10.1. The molecule has 0 radical (unpaired) electrons. The van der Waals surface area contributed by atoms with E-state index >= 15 is 0 Å². The van der Waals surface area contributed by atoms with Crippen molar-refractivity contribution in [2.45, 2.75) is 128 Å². The molecule has 0 aliphatic rings. The van der Waals surface area contributed by atoms with Gasteiger partial charge in [0.2, 0.25) is 5.16 Å². The standard InChI is InChI=1S/C26H45N3OS2/c1-3-5-7-9-11-12-13-14-16-18-22-31-32-26-28-27-25(19-17-15-10-8-6-4-2)29(26)24-20-21-30-23-24/h20-21,23H,3-19,22H2,1-2H3. The van der Waals surface area contributed by atoms with Crippen LogP contribution in [0.1, 0.15) is 122 Å². The normalized spacial score (nSPS) is 11.4. The second-order valence-corrected chi connectivity index (χ2v) is 11.2. The van der Waals surface area contributed by atoms with Crippen molar-refractivity contribution in [3.05, 3.63) is 24.4 Å². The van der Waals surface area contributed by atoms with Crippen molar-refractivity contribution < 1.29 is 4.42 Å². The number of aromatic nitrogens is 3. The van der Waals surface area contributed by atoms with Gasteiger partial charge in [-0.15, -0.1) is 10.2 Å². The number of aryl methyl sites for hydroxylation is 1. The van der Waals surface area contributed by atoms with E-state index in [1.54, 1.807) is 23.3 Å². The van der Waals surface area contributed by atoms with Gasteiger partial charge >= 0.3 is 0 Å². The highest BCUT2D eigenvalue weighted by molar-refractivity contribution is 8.76. The summed E-state index contributed by atoms with van der Waals surface area (Å²) in [6.07, 6.45) is 26.1. The van der Waals surface area contributed by atoms with E-state index in [0.29, 0.717) is 0 Å². The van der Waals surface area contributed by atoms with Crippen molar-refractivity contribution in [2.75, 3.05) is 5.75 Å². The summed E-state index contributed by atoms with van der Waals surface area (Å²) in [6.45, 7) is 4.55. The largest absolute Gasteiger partial charge is 0.470 e. The molecule has 4 nitrogen and oxygen atoms in total. The Hall–Kier alpha value is -0.880. The molecule has 0 N–H and O–H groups in total. The van der Waals surface area contributed by atoms with E-state index in [0.717, 1.165) is 23.1 Å². The Labute approximate surface area is 204 Å².